The van der Waals surface area contributed by atoms with Crippen molar-refractivity contribution in [2.45, 2.75) is 43.7 Å². The SMILES string of the molecule is COC(=O)CC(Cc1nc(Nc2ccc(C3CCN(C(=O)O)CC3)cc2OC)ncc1C(F)(F)F)c1ccccc1. The minimum Gasteiger partial charge on any atom is -0.495 e. The van der Waals surface area contributed by atoms with Crippen molar-refractivity contribution in [3.05, 3.63) is 77.1 Å². The van der Waals surface area contributed by atoms with E-state index in [1.54, 1.807) is 36.4 Å². The van der Waals surface area contributed by atoms with Gasteiger partial charge in [-0.3, -0.25) is 4.79 Å². The van der Waals surface area contributed by atoms with E-state index in [9.17, 15) is 27.9 Å². The van der Waals surface area contributed by atoms with Gasteiger partial charge in [0.25, 0.3) is 0 Å². The predicted octanol–water partition coefficient (Wildman–Crippen LogP) is 5.99. The largest absolute Gasteiger partial charge is 0.495 e. The molecule has 9 nitrogen and oxygen atoms in total. The van der Waals surface area contributed by atoms with Gasteiger partial charge in [-0.1, -0.05) is 36.4 Å². The molecule has 1 aliphatic heterocycles. The first-order valence-corrected chi connectivity index (χ1v) is 13.1. The van der Waals surface area contributed by atoms with Crippen LogP contribution in [0.15, 0.2) is 54.7 Å². The van der Waals surface area contributed by atoms with Crippen molar-refractivity contribution in [1.29, 1.82) is 0 Å². The maximum absolute atomic E-state index is 13.9. The Morgan fingerprint density at radius 3 is 2.44 bits per heavy atom. The Kier molecular flexibility index (Phi) is 9.31. The van der Waals surface area contributed by atoms with Gasteiger partial charge in [0, 0.05) is 19.3 Å². The Hall–Kier alpha value is -4.35. The zero-order valence-corrected chi connectivity index (χ0v) is 22.6. The van der Waals surface area contributed by atoms with Gasteiger partial charge >= 0.3 is 18.2 Å². The number of carbonyl (C=O) groups is 2. The van der Waals surface area contributed by atoms with Crippen molar-refractivity contribution >= 4 is 23.7 Å². The number of hydrogen-bond donors (Lipinski definition) is 2. The fourth-order valence-electron chi connectivity index (χ4n) is 5.01. The molecule has 41 heavy (non-hydrogen) atoms. The Bertz CT molecular complexity index is 1360. The number of rotatable bonds is 9. The molecule has 2 heterocycles. The number of piperidine rings is 1. The lowest BCUT2D eigenvalue weighted by molar-refractivity contribution is -0.141. The van der Waals surface area contributed by atoms with Crippen LogP contribution in [-0.2, 0) is 22.1 Å². The minimum absolute atomic E-state index is 0.0568. The van der Waals surface area contributed by atoms with Crippen molar-refractivity contribution in [3.63, 3.8) is 0 Å². The molecule has 1 aromatic heterocycles. The van der Waals surface area contributed by atoms with Gasteiger partial charge in [0.15, 0.2) is 0 Å². The fourth-order valence-corrected chi connectivity index (χ4v) is 5.01. The van der Waals surface area contributed by atoms with Crippen molar-refractivity contribution in [2.24, 2.45) is 0 Å². The van der Waals surface area contributed by atoms with Gasteiger partial charge in [-0.05, 0) is 54.4 Å². The zero-order valence-electron chi connectivity index (χ0n) is 22.6. The van der Waals surface area contributed by atoms with Gasteiger partial charge in [0.05, 0.1) is 37.6 Å². The highest BCUT2D eigenvalue weighted by Gasteiger charge is 2.36. The molecule has 1 atom stereocenters. The monoisotopic (exact) mass is 572 g/mol. The highest BCUT2D eigenvalue weighted by molar-refractivity contribution is 5.70. The van der Waals surface area contributed by atoms with Gasteiger partial charge < -0.3 is 24.8 Å². The van der Waals surface area contributed by atoms with E-state index < -0.39 is 29.7 Å². The van der Waals surface area contributed by atoms with E-state index in [1.807, 2.05) is 12.1 Å². The molecule has 0 spiro atoms. The summed E-state index contributed by atoms with van der Waals surface area (Å²) in [6.07, 6.45) is -3.85. The number of amides is 1. The number of hydrogen-bond acceptors (Lipinski definition) is 7. The van der Waals surface area contributed by atoms with Gasteiger partial charge in [0.1, 0.15) is 5.75 Å². The number of benzene rings is 2. The molecule has 3 aromatic rings. The second-order valence-electron chi connectivity index (χ2n) is 9.77. The molecular weight excluding hydrogens is 541 g/mol. The Morgan fingerprint density at radius 1 is 1.12 bits per heavy atom. The van der Waals surface area contributed by atoms with Crippen LogP contribution in [0.25, 0.3) is 0 Å². The average molecular weight is 573 g/mol. The lowest BCUT2D eigenvalue weighted by Crippen LogP contribution is -2.36. The summed E-state index contributed by atoms with van der Waals surface area (Å²) in [6, 6.07) is 14.2. The topological polar surface area (TPSA) is 114 Å². The lowest BCUT2D eigenvalue weighted by Gasteiger charge is -2.30. The third kappa shape index (κ3) is 7.44. The van der Waals surface area contributed by atoms with Crippen LogP contribution in [0.3, 0.4) is 0 Å². The second-order valence-corrected chi connectivity index (χ2v) is 9.77. The second kappa shape index (κ2) is 12.9. The first-order valence-electron chi connectivity index (χ1n) is 13.1. The van der Waals surface area contributed by atoms with E-state index in [0.29, 0.717) is 42.9 Å². The molecule has 2 aromatic carbocycles. The number of carbonyl (C=O) groups excluding carboxylic acids is 1. The highest BCUT2D eigenvalue weighted by Crippen LogP contribution is 2.37. The summed E-state index contributed by atoms with van der Waals surface area (Å²) in [7, 11) is 2.71. The smallest absolute Gasteiger partial charge is 0.419 e. The van der Waals surface area contributed by atoms with E-state index in [0.717, 1.165) is 11.8 Å². The molecule has 1 unspecified atom stereocenters. The number of carboxylic acid groups (broad SMARTS) is 1. The number of halogens is 3. The molecule has 1 aliphatic rings. The van der Waals surface area contributed by atoms with Crippen molar-refractivity contribution in [3.8, 4) is 5.75 Å². The van der Waals surface area contributed by atoms with Crippen LogP contribution >= 0.6 is 0 Å². The summed E-state index contributed by atoms with van der Waals surface area (Å²) in [5.74, 6) is -0.612. The minimum atomic E-state index is -4.70. The van der Waals surface area contributed by atoms with E-state index in [4.69, 9.17) is 9.47 Å². The molecule has 4 rings (SSSR count). The van der Waals surface area contributed by atoms with E-state index in [1.165, 1.54) is 19.1 Å². The number of nitrogens with zero attached hydrogens (tertiary/aromatic N) is 3. The molecule has 218 valence electrons. The highest BCUT2D eigenvalue weighted by atomic mass is 19.4. The lowest BCUT2D eigenvalue weighted by atomic mass is 9.89. The summed E-state index contributed by atoms with van der Waals surface area (Å²) in [5, 5.41) is 12.2. The third-order valence-corrected chi connectivity index (χ3v) is 7.23. The quantitative estimate of drug-likeness (QED) is 0.301. The fraction of sp³-hybridized carbons (Fsp3) is 0.379. The van der Waals surface area contributed by atoms with E-state index in [2.05, 4.69) is 15.3 Å². The summed E-state index contributed by atoms with van der Waals surface area (Å²) in [5.41, 5.74) is 0.877. The van der Waals surface area contributed by atoms with Gasteiger partial charge in [0.2, 0.25) is 5.95 Å². The summed E-state index contributed by atoms with van der Waals surface area (Å²) >= 11 is 0. The number of nitrogens with one attached hydrogen (secondary N) is 1. The number of methoxy groups -OCH3 is 2. The summed E-state index contributed by atoms with van der Waals surface area (Å²) in [4.78, 5) is 32.9. The number of likely N-dealkylation sites (tertiary alicyclic amines) is 1. The molecule has 0 bridgehead atoms. The van der Waals surface area contributed by atoms with Crippen LogP contribution in [0, 0.1) is 0 Å². The Morgan fingerprint density at radius 2 is 1.83 bits per heavy atom. The number of anilines is 2. The molecule has 1 amide bonds. The molecule has 0 radical (unpaired) electrons. The van der Waals surface area contributed by atoms with Crippen LogP contribution in [0.1, 0.15) is 53.5 Å². The molecule has 0 saturated carbocycles. The van der Waals surface area contributed by atoms with Gasteiger partial charge in [-0.15, -0.1) is 0 Å². The van der Waals surface area contributed by atoms with Crippen molar-refractivity contribution < 1.29 is 37.3 Å². The summed E-state index contributed by atoms with van der Waals surface area (Å²) in [6.45, 7) is 0.870. The van der Waals surface area contributed by atoms with Crippen molar-refractivity contribution in [2.75, 3.05) is 32.6 Å². The number of ether oxygens (including phenoxy) is 2. The standard InChI is InChI=1S/C29H31F3N4O5/c1-40-25-15-20(19-10-12-36(13-11-19)28(38)39)8-9-23(25)34-27-33-17-22(29(30,31)32)24(35-27)14-21(16-26(37)41-2)18-6-4-3-5-7-18/h3-9,15,17,19,21H,10-14,16H2,1-2H3,(H,38,39)(H,33,34,35). The van der Waals surface area contributed by atoms with E-state index >= 15 is 0 Å². The van der Waals surface area contributed by atoms with Crippen LogP contribution in [0.2, 0.25) is 0 Å². The van der Waals surface area contributed by atoms with E-state index in [-0.39, 0.29) is 30.4 Å². The zero-order chi connectivity index (χ0) is 29.6. The first kappa shape index (κ1) is 29.6. The molecule has 2 N–H and O–H groups in total. The third-order valence-electron chi connectivity index (χ3n) is 7.23. The average Bonchev–Trinajstić information content (AvgIpc) is 2.97. The number of esters is 1. The van der Waals surface area contributed by atoms with Crippen LogP contribution in [-0.4, -0.2) is 59.3 Å². The van der Waals surface area contributed by atoms with Gasteiger partial charge in [-0.25, -0.2) is 14.8 Å². The number of aromatic nitrogens is 2. The molecule has 12 heteroatoms. The Balaban J connectivity index is 1.60. The molecule has 0 aliphatic carbocycles. The molecule has 1 fully saturated rings. The number of alkyl halides is 3. The molecular formula is C29H31F3N4O5. The van der Waals surface area contributed by atoms with Crippen LogP contribution < -0.4 is 10.1 Å². The van der Waals surface area contributed by atoms with Gasteiger partial charge in [-0.2, -0.15) is 13.2 Å². The van der Waals surface area contributed by atoms with Crippen LogP contribution in [0.5, 0.6) is 5.75 Å². The maximum Gasteiger partial charge on any atom is 0.419 e. The molecule has 1 saturated heterocycles. The normalized spacial score (nSPS) is 14.8. The predicted molar refractivity (Wildman–Crippen MR) is 144 cm³/mol. The first-order chi connectivity index (χ1) is 19.6. The maximum atomic E-state index is 13.9. The van der Waals surface area contributed by atoms with Crippen molar-refractivity contribution in [1.82, 2.24) is 14.9 Å². The van der Waals surface area contributed by atoms with Crippen LogP contribution in [0.4, 0.5) is 29.6 Å². The summed E-state index contributed by atoms with van der Waals surface area (Å²) < 4.78 is 52.2. The Labute approximate surface area is 235 Å².